The Bertz CT molecular complexity index is 339. The number of rotatable bonds is 4. The van der Waals surface area contributed by atoms with Crippen molar-refractivity contribution < 1.29 is 10.0 Å². The molecule has 0 spiro atoms. The Balaban J connectivity index is 2.81. The lowest BCUT2D eigenvalue weighted by atomic mass is 10.2. The smallest absolute Gasteiger partial charge is 0.396 e. The van der Waals surface area contributed by atoms with Crippen LogP contribution >= 0.6 is 11.6 Å². The van der Waals surface area contributed by atoms with Gasteiger partial charge in [0.1, 0.15) is 0 Å². The van der Waals surface area contributed by atoms with Gasteiger partial charge in [-0.1, -0.05) is 18.5 Å². The van der Waals surface area contributed by atoms with Gasteiger partial charge < -0.3 is 15.2 Å². The van der Waals surface area contributed by atoms with E-state index in [2.05, 4.69) is 5.10 Å². The zero-order valence-electron chi connectivity index (χ0n) is 7.55. The van der Waals surface area contributed by atoms with Crippen molar-refractivity contribution in [3.63, 3.8) is 0 Å². The number of halogens is 1. The Labute approximate surface area is 85.2 Å². The van der Waals surface area contributed by atoms with Crippen molar-refractivity contribution in [1.29, 1.82) is 0 Å². The quantitative estimate of drug-likeness (QED) is 0.607. The van der Waals surface area contributed by atoms with Gasteiger partial charge in [0, 0.05) is 12.5 Å². The molecule has 0 radical (unpaired) electrons. The molecule has 6 nitrogen and oxygen atoms in total. The molecule has 1 aromatic heterocycles. The third kappa shape index (κ3) is 2.43. The lowest BCUT2D eigenvalue weighted by molar-refractivity contribution is -0.389. The Kier molecular flexibility index (Phi) is 3.43. The van der Waals surface area contributed by atoms with Crippen LogP contribution in [0.3, 0.4) is 0 Å². The van der Waals surface area contributed by atoms with Crippen LogP contribution in [-0.4, -0.2) is 26.4 Å². The molecular weight excluding hydrogens is 210 g/mol. The third-order valence-electron chi connectivity index (χ3n) is 1.68. The number of aromatic nitrogens is 2. The van der Waals surface area contributed by atoms with Crippen molar-refractivity contribution >= 4 is 17.4 Å². The molecule has 0 fully saturated rings. The molecule has 0 saturated heterocycles. The van der Waals surface area contributed by atoms with Crippen LogP contribution in [0.2, 0.25) is 5.02 Å². The second-order valence-electron chi connectivity index (χ2n) is 3.07. The summed E-state index contributed by atoms with van der Waals surface area (Å²) in [5.41, 5.74) is 0. The fourth-order valence-electron chi connectivity index (χ4n) is 0.981. The van der Waals surface area contributed by atoms with Gasteiger partial charge in [0.2, 0.25) is 0 Å². The van der Waals surface area contributed by atoms with E-state index in [1.165, 1.54) is 10.9 Å². The molecule has 0 saturated carbocycles. The molecule has 0 aliphatic heterocycles. The lowest BCUT2D eigenvalue weighted by Gasteiger charge is -2.03. The zero-order valence-corrected chi connectivity index (χ0v) is 8.31. The third-order valence-corrected chi connectivity index (χ3v) is 1.95. The maximum atomic E-state index is 10.4. The molecule has 1 atom stereocenters. The summed E-state index contributed by atoms with van der Waals surface area (Å²) in [6.45, 7) is 2.22. The largest absolute Gasteiger partial charge is 0.408 e. The van der Waals surface area contributed by atoms with Gasteiger partial charge >= 0.3 is 5.82 Å². The monoisotopic (exact) mass is 219 g/mol. The van der Waals surface area contributed by atoms with Crippen LogP contribution in [0.5, 0.6) is 0 Å². The average Bonchev–Trinajstić information content (AvgIpc) is 2.46. The van der Waals surface area contributed by atoms with E-state index >= 15 is 0 Å². The number of hydrogen-bond donors (Lipinski definition) is 1. The van der Waals surface area contributed by atoms with Crippen LogP contribution < -0.4 is 0 Å². The van der Waals surface area contributed by atoms with Crippen molar-refractivity contribution in [3.05, 3.63) is 21.3 Å². The molecule has 14 heavy (non-hydrogen) atoms. The second-order valence-corrected chi connectivity index (χ2v) is 3.47. The van der Waals surface area contributed by atoms with Crippen LogP contribution in [0.25, 0.3) is 0 Å². The number of aliphatic hydroxyl groups excluding tert-OH is 1. The molecule has 1 unspecified atom stereocenters. The summed E-state index contributed by atoms with van der Waals surface area (Å²) in [6, 6.07) is 0. The van der Waals surface area contributed by atoms with E-state index in [9.17, 15) is 10.1 Å². The van der Waals surface area contributed by atoms with Gasteiger partial charge in [-0.3, -0.25) is 0 Å². The van der Waals surface area contributed by atoms with Crippen LogP contribution in [-0.2, 0) is 6.54 Å². The van der Waals surface area contributed by atoms with Crippen molar-refractivity contribution in [2.75, 3.05) is 6.61 Å². The first-order valence-corrected chi connectivity index (χ1v) is 4.40. The molecule has 0 bridgehead atoms. The van der Waals surface area contributed by atoms with Crippen molar-refractivity contribution in [2.24, 2.45) is 5.92 Å². The summed E-state index contributed by atoms with van der Waals surface area (Å²) in [5.74, 6) is -0.359. The zero-order chi connectivity index (χ0) is 10.7. The maximum absolute atomic E-state index is 10.4. The van der Waals surface area contributed by atoms with Gasteiger partial charge in [-0.15, -0.1) is 0 Å². The fraction of sp³-hybridized carbons (Fsp3) is 0.571. The topological polar surface area (TPSA) is 81.2 Å². The molecule has 0 aliphatic carbocycles. The van der Waals surface area contributed by atoms with E-state index in [0.29, 0.717) is 6.54 Å². The summed E-state index contributed by atoms with van der Waals surface area (Å²) >= 11 is 5.58. The standard InChI is InChI=1S/C7H10ClN3O3/c1-5(4-12)2-10-3-6(8)7(9-10)11(13)14/h3,5,12H,2,4H2,1H3. The van der Waals surface area contributed by atoms with E-state index in [4.69, 9.17) is 16.7 Å². The second kappa shape index (κ2) is 4.39. The number of hydrogen-bond acceptors (Lipinski definition) is 4. The van der Waals surface area contributed by atoms with E-state index in [-0.39, 0.29) is 23.4 Å². The minimum Gasteiger partial charge on any atom is -0.396 e. The van der Waals surface area contributed by atoms with E-state index in [1.807, 2.05) is 0 Å². The highest BCUT2D eigenvalue weighted by Crippen LogP contribution is 2.21. The highest BCUT2D eigenvalue weighted by molar-refractivity contribution is 6.32. The number of aliphatic hydroxyl groups is 1. The predicted molar refractivity (Wildman–Crippen MR) is 50.1 cm³/mol. The summed E-state index contributed by atoms with van der Waals surface area (Å²) in [4.78, 5) is 9.75. The minimum absolute atomic E-state index is 0.00523. The molecule has 78 valence electrons. The summed E-state index contributed by atoms with van der Waals surface area (Å²) < 4.78 is 1.36. The van der Waals surface area contributed by atoms with Crippen LogP contribution in [0, 0.1) is 16.0 Å². The molecule has 0 amide bonds. The first-order valence-electron chi connectivity index (χ1n) is 4.02. The normalized spacial score (nSPS) is 12.8. The fourth-order valence-corrected chi connectivity index (χ4v) is 1.20. The van der Waals surface area contributed by atoms with Gasteiger partial charge in [0.05, 0.1) is 17.8 Å². The molecular formula is C7H10ClN3O3. The van der Waals surface area contributed by atoms with Gasteiger partial charge in [0.25, 0.3) is 0 Å². The van der Waals surface area contributed by atoms with E-state index < -0.39 is 4.92 Å². The highest BCUT2D eigenvalue weighted by Gasteiger charge is 2.19. The van der Waals surface area contributed by atoms with E-state index in [1.54, 1.807) is 6.92 Å². The SMILES string of the molecule is CC(CO)Cn1cc(Cl)c([N+](=O)[O-])n1. The lowest BCUT2D eigenvalue weighted by Crippen LogP contribution is -2.11. The van der Waals surface area contributed by atoms with Gasteiger partial charge in [-0.2, -0.15) is 4.68 Å². The molecule has 0 aromatic carbocycles. The summed E-state index contributed by atoms with van der Waals surface area (Å²) in [5, 5.41) is 22.8. The number of nitrogens with zero attached hydrogens (tertiary/aromatic N) is 3. The van der Waals surface area contributed by atoms with Gasteiger partial charge in [-0.25, -0.2) is 0 Å². The first-order chi connectivity index (χ1) is 6.54. The number of nitro groups is 1. The molecule has 7 heteroatoms. The Hall–Kier alpha value is -1.14. The average molecular weight is 220 g/mol. The van der Waals surface area contributed by atoms with Crippen molar-refractivity contribution in [3.8, 4) is 0 Å². The molecule has 1 aromatic rings. The Morgan fingerprint density at radius 2 is 2.50 bits per heavy atom. The van der Waals surface area contributed by atoms with E-state index in [0.717, 1.165) is 0 Å². The molecule has 1 heterocycles. The van der Waals surface area contributed by atoms with Gasteiger partial charge in [0.15, 0.2) is 5.02 Å². The van der Waals surface area contributed by atoms with Crippen LogP contribution in [0.4, 0.5) is 5.82 Å². The summed E-state index contributed by atoms with van der Waals surface area (Å²) in [6.07, 6.45) is 1.38. The predicted octanol–water partition coefficient (Wildman–Crippen LogP) is 1.07. The van der Waals surface area contributed by atoms with Gasteiger partial charge in [-0.05, 0) is 4.92 Å². The molecule has 1 rings (SSSR count). The Morgan fingerprint density at radius 1 is 1.86 bits per heavy atom. The van der Waals surface area contributed by atoms with Crippen LogP contribution in [0.15, 0.2) is 6.20 Å². The first kappa shape index (κ1) is 10.9. The minimum atomic E-state index is -0.636. The molecule has 0 aliphatic rings. The Morgan fingerprint density at radius 3 is 2.93 bits per heavy atom. The molecule has 1 N–H and O–H groups in total. The maximum Gasteiger partial charge on any atom is 0.408 e. The highest BCUT2D eigenvalue weighted by atomic mass is 35.5. The van der Waals surface area contributed by atoms with Crippen LogP contribution in [0.1, 0.15) is 6.92 Å². The van der Waals surface area contributed by atoms with Crippen molar-refractivity contribution in [1.82, 2.24) is 9.78 Å². The summed E-state index contributed by atoms with van der Waals surface area (Å²) in [7, 11) is 0. The van der Waals surface area contributed by atoms with Crippen molar-refractivity contribution in [2.45, 2.75) is 13.5 Å².